The van der Waals surface area contributed by atoms with E-state index in [0.29, 0.717) is 5.82 Å². The van der Waals surface area contributed by atoms with Crippen molar-refractivity contribution in [2.24, 2.45) is 0 Å². The summed E-state index contributed by atoms with van der Waals surface area (Å²) in [7, 11) is 0. The van der Waals surface area contributed by atoms with Gasteiger partial charge in [-0.2, -0.15) is 0 Å². The van der Waals surface area contributed by atoms with Gasteiger partial charge in [-0.25, -0.2) is 9.66 Å². The average molecular weight is 242 g/mol. The molecule has 2 aromatic rings. The number of hydrogen-bond donors (Lipinski definition) is 2. The summed E-state index contributed by atoms with van der Waals surface area (Å²) in [5.74, 6) is 6.14. The van der Waals surface area contributed by atoms with Gasteiger partial charge in [-0.05, 0) is 18.2 Å². The van der Waals surface area contributed by atoms with Crippen molar-refractivity contribution in [1.29, 1.82) is 0 Å². The molecule has 68 valence electrons. The van der Waals surface area contributed by atoms with Crippen molar-refractivity contribution in [1.82, 2.24) is 9.66 Å². The molecule has 1 aromatic heterocycles. The molecule has 0 aliphatic heterocycles. The fourth-order valence-electron chi connectivity index (χ4n) is 1.23. The molecule has 4 nitrogen and oxygen atoms in total. The lowest BCUT2D eigenvalue weighted by Crippen LogP contribution is -2.12. The Morgan fingerprint density at radius 1 is 1.54 bits per heavy atom. The molecule has 0 aliphatic carbocycles. The van der Waals surface area contributed by atoms with Crippen LogP contribution in [-0.2, 0) is 6.61 Å². The van der Waals surface area contributed by atoms with Gasteiger partial charge in [-0.1, -0.05) is 15.9 Å². The first-order valence-corrected chi connectivity index (χ1v) is 4.54. The van der Waals surface area contributed by atoms with Crippen LogP contribution in [-0.4, -0.2) is 14.8 Å². The second kappa shape index (κ2) is 3.01. The molecule has 0 fully saturated rings. The molecule has 3 N–H and O–H groups in total. The van der Waals surface area contributed by atoms with Crippen molar-refractivity contribution in [2.45, 2.75) is 6.61 Å². The number of rotatable bonds is 1. The minimum absolute atomic E-state index is 0.150. The van der Waals surface area contributed by atoms with E-state index < -0.39 is 0 Å². The Kier molecular flexibility index (Phi) is 1.97. The summed E-state index contributed by atoms with van der Waals surface area (Å²) in [4.78, 5) is 4.15. The highest BCUT2D eigenvalue weighted by Crippen LogP contribution is 2.18. The highest BCUT2D eigenvalue weighted by atomic mass is 79.9. The second-order valence-electron chi connectivity index (χ2n) is 2.69. The Hall–Kier alpha value is -1.07. The quantitative estimate of drug-likeness (QED) is 0.733. The van der Waals surface area contributed by atoms with Gasteiger partial charge in [-0.3, -0.25) is 0 Å². The lowest BCUT2D eigenvalue weighted by atomic mass is 10.3. The molecule has 5 heteroatoms. The number of halogens is 1. The van der Waals surface area contributed by atoms with Crippen LogP contribution in [0.3, 0.4) is 0 Å². The van der Waals surface area contributed by atoms with E-state index in [1.165, 1.54) is 4.68 Å². The maximum Gasteiger partial charge on any atom is 0.153 e. The Bertz CT molecular complexity index is 452. The van der Waals surface area contributed by atoms with Gasteiger partial charge in [0.1, 0.15) is 6.61 Å². The number of aromatic nitrogens is 2. The summed E-state index contributed by atoms with van der Waals surface area (Å²) in [6.07, 6.45) is 0. The van der Waals surface area contributed by atoms with Crippen LogP contribution in [0, 0.1) is 0 Å². The Morgan fingerprint density at radius 2 is 2.31 bits per heavy atom. The predicted molar refractivity (Wildman–Crippen MR) is 53.5 cm³/mol. The van der Waals surface area contributed by atoms with Gasteiger partial charge in [0.15, 0.2) is 5.82 Å². The summed E-state index contributed by atoms with van der Waals surface area (Å²) in [5, 5.41) is 8.91. The fraction of sp³-hybridized carbons (Fsp3) is 0.125. The van der Waals surface area contributed by atoms with Crippen LogP contribution < -0.4 is 5.84 Å². The second-order valence-corrected chi connectivity index (χ2v) is 3.60. The number of aliphatic hydroxyl groups is 1. The van der Waals surface area contributed by atoms with Crippen LogP contribution in [0.2, 0.25) is 0 Å². The van der Waals surface area contributed by atoms with E-state index in [4.69, 9.17) is 10.9 Å². The third kappa shape index (κ3) is 1.30. The monoisotopic (exact) mass is 241 g/mol. The van der Waals surface area contributed by atoms with Gasteiger partial charge in [0.25, 0.3) is 0 Å². The zero-order chi connectivity index (χ0) is 9.42. The van der Waals surface area contributed by atoms with E-state index in [1.807, 2.05) is 18.2 Å². The van der Waals surface area contributed by atoms with Crippen molar-refractivity contribution < 1.29 is 5.11 Å². The first-order chi connectivity index (χ1) is 6.22. The van der Waals surface area contributed by atoms with Crippen LogP contribution in [0.25, 0.3) is 11.0 Å². The van der Waals surface area contributed by atoms with Gasteiger partial charge in [-0.15, -0.1) is 0 Å². The van der Waals surface area contributed by atoms with Gasteiger partial charge >= 0.3 is 0 Å². The maximum atomic E-state index is 8.91. The number of nitrogens with zero attached hydrogens (tertiary/aromatic N) is 2. The van der Waals surface area contributed by atoms with Crippen molar-refractivity contribution >= 4 is 27.0 Å². The molecule has 0 spiro atoms. The minimum atomic E-state index is -0.150. The first kappa shape index (κ1) is 8.52. The maximum absolute atomic E-state index is 8.91. The van der Waals surface area contributed by atoms with E-state index in [9.17, 15) is 0 Å². The Balaban J connectivity index is 2.76. The zero-order valence-corrected chi connectivity index (χ0v) is 8.32. The van der Waals surface area contributed by atoms with Crippen LogP contribution in [0.5, 0.6) is 0 Å². The number of aliphatic hydroxyl groups excluding tert-OH is 1. The molecule has 0 saturated heterocycles. The van der Waals surface area contributed by atoms with E-state index in [2.05, 4.69) is 20.9 Å². The summed E-state index contributed by atoms with van der Waals surface area (Å²) in [5.41, 5.74) is 1.59. The average Bonchev–Trinajstić information content (AvgIpc) is 2.42. The smallest absolute Gasteiger partial charge is 0.153 e. The number of nitrogens with two attached hydrogens (primary N) is 1. The molecule has 0 aliphatic rings. The van der Waals surface area contributed by atoms with Gasteiger partial charge in [0.2, 0.25) is 0 Å². The lowest BCUT2D eigenvalue weighted by Gasteiger charge is -1.97. The van der Waals surface area contributed by atoms with E-state index >= 15 is 0 Å². The zero-order valence-electron chi connectivity index (χ0n) is 6.74. The van der Waals surface area contributed by atoms with Crippen LogP contribution >= 0.6 is 15.9 Å². The molecular weight excluding hydrogens is 234 g/mol. The van der Waals surface area contributed by atoms with Crippen molar-refractivity contribution in [3.05, 3.63) is 28.5 Å². The molecule has 0 bridgehead atoms. The number of imidazole rings is 1. The molecule has 0 radical (unpaired) electrons. The molecule has 2 rings (SSSR count). The van der Waals surface area contributed by atoms with Crippen molar-refractivity contribution in [2.75, 3.05) is 5.84 Å². The fourth-order valence-corrected chi connectivity index (χ4v) is 1.58. The summed E-state index contributed by atoms with van der Waals surface area (Å²) >= 11 is 3.34. The van der Waals surface area contributed by atoms with Crippen LogP contribution in [0.1, 0.15) is 5.82 Å². The van der Waals surface area contributed by atoms with E-state index in [-0.39, 0.29) is 6.61 Å². The number of benzene rings is 1. The highest BCUT2D eigenvalue weighted by molar-refractivity contribution is 9.10. The highest BCUT2D eigenvalue weighted by Gasteiger charge is 2.06. The largest absolute Gasteiger partial charge is 0.388 e. The molecule has 0 amide bonds. The van der Waals surface area contributed by atoms with E-state index in [0.717, 1.165) is 15.5 Å². The predicted octanol–water partition coefficient (Wildman–Crippen LogP) is 1.00. The standard InChI is InChI=1S/C8H8BrN3O/c9-5-1-2-7-6(3-5)11-8(4-13)12(7)10/h1-3,13H,4,10H2. The molecule has 0 atom stereocenters. The summed E-state index contributed by atoms with van der Waals surface area (Å²) < 4.78 is 2.34. The topological polar surface area (TPSA) is 64.1 Å². The number of hydrogen-bond acceptors (Lipinski definition) is 3. The third-order valence-electron chi connectivity index (χ3n) is 1.87. The number of fused-ring (bicyclic) bond motifs is 1. The summed E-state index contributed by atoms with van der Waals surface area (Å²) in [6, 6.07) is 5.60. The third-order valence-corrected chi connectivity index (χ3v) is 2.36. The van der Waals surface area contributed by atoms with Crippen molar-refractivity contribution in [3.63, 3.8) is 0 Å². The SMILES string of the molecule is Nn1c(CO)nc2cc(Br)ccc21. The molecular formula is C8H8BrN3O. The molecule has 1 aromatic carbocycles. The summed E-state index contributed by atoms with van der Waals surface area (Å²) in [6.45, 7) is -0.150. The molecule has 1 heterocycles. The normalized spacial score (nSPS) is 10.9. The van der Waals surface area contributed by atoms with E-state index in [1.54, 1.807) is 0 Å². The molecule has 13 heavy (non-hydrogen) atoms. The number of nitrogen functional groups attached to an aromatic ring is 1. The molecule has 0 saturated carbocycles. The van der Waals surface area contributed by atoms with Gasteiger partial charge in [0.05, 0.1) is 11.0 Å². The first-order valence-electron chi connectivity index (χ1n) is 3.75. The minimum Gasteiger partial charge on any atom is -0.388 e. The molecule has 0 unspecified atom stereocenters. The van der Waals surface area contributed by atoms with Crippen molar-refractivity contribution in [3.8, 4) is 0 Å². The Labute approximate surface area is 83.1 Å². The lowest BCUT2D eigenvalue weighted by molar-refractivity contribution is 0.269. The van der Waals surface area contributed by atoms with Gasteiger partial charge in [0, 0.05) is 4.47 Å². The van der Waals surface area contributed by atoms with Crippen LogP contribution in [0.4, 0.5) is 0 Å². The van der Waals surface area contributed by atoms with Crippen LogP contribution in [0.15, 0.2) is 22.7 Å². The Morgan fingerprint density at radius 3 is 3.00 bits per heavy atom. The van der Waals surface area contributed by atoms with Gasteiger partial charge < -0.3 is 10.9 Å².